The van der Waals surface area contributed by atoms with Crippen molar-refractivity contribution in [3.8, 4) is 16.9 Å². The molecule has 2 aromatic carbocycles. The SMILES string of the molecule is COc1ccc(-c2ccc3c(c2F)CN(CC[C@](C)(C(=O)CO)S(C)(=O)=O)C3=O)cc1. The smallest absolute Gasteiger partial charge is 0.254 e. The van der Waals surface area contributed by atoms with Gasteiger partial charge in [0.1, 0.15) is 22.9 Å². The highest BCUT2D eigenvalue weighted by Gasteiger charge is 2.43. The summed E-state index contributed by atoms with van der Waals surface area (Å²) in [5.41, 5.74) is 1.41. The predicted octanol–water partition coefficient (Wildman–Crippen LogP) is 2.21. The average molecular weight is 450 g/mol. The van der Waals surface area contributed by atoms with Crippen LogP contribution in [0.15, 0.2) is 36.4 Å². The number of hydrogen-bond donors (Lipinski definition) is 1. The summed E-state index contributed by atoms with van der Waals surface area (Å²) in [7, 11) is -2.31. The van der Waals surface area contributed by atoms with Gasteiger partial charge in [0.05, 0.1) is 7.11 Å². The maximum atomic E-state index is 15.2. The van der Waals surface area contributed by atoms with Crippen molar-refractivity contribution in [3.05, 3.63) is 53.3 Å². The Labute approximate surface area is 180 Å². The van der Waals surface area contributed by atoms with E-state index >= 15 is 4.39 Å². The molecule has 3 rings (SSSR count). The quantitative estimate of drug-likeness (QED) is 0.663. The number of nitrogens with zero attached hydrogens (tertiary/aromatic N) is 1. The Hall–Kier alpha value is -2.78. The molecule has 0 aliphatic carbocycles. The molecule has 0 spiro atoms. The van der Waals surface area contributed by atoms with Gasteiger partial charge in [0.25, 0.3) is 5.91 Å². The molecule has 0 bridgehead atoms. The van der Waals surface area contributed by atoms with Gasteiger partial charge in [0, 0.05) is 36.0 Å². The van der Waals surface area contributed by atoms with Gasteiger partial charge in [-0.1, -0.05) is 18.2 Å². The number of methoxy groups -OCH3 is 1. The third-order valence-corrected chi connectivity index (χ3v) is 7.99. The minimum Gasteiger partial charge on any atom is -0.497 e. The molecule has 9 heteroatoms. The number of amides is 1. The molecule has 1 atom stereocenters. The van der Waals surface area contributed by atoms with E-state index in [1.807, 2.05) is 0 Å². The summed E-state index contributed by atoms with van der Waals surface area (Å²) in [4.78, 5) is 26.1. The van der Waals surface area contributed by atoms with Crippen molar-refractivity contribution < 1.29 is 32.2 Å². The van der Waals surface area contributed by atoms with Crippen molar-refractivity contribution in [2.24, 2.45) is 0 Å². The molecular formula is C22H24FNO6S. The molecule has 0 saturated carbocycles. The van der Waals surface area contributed by atoms with Gasteiger partial charge in [-0.05, 0) is 37.1 Å². The molecule has 0 fully saturated rings. The lowest BCUT2D eigenvalue weighted by Gasteiger charge is -2.27. The molecule has 0 aromatic heterocycles. The van der Waals surface area contributed by atoms with Crippen LogP contribution in [-0.4, -0.2) is 61.4 Å². The minimum absolute atomic E-state index is 0.0306. The molecule has 166 valence electrons. The summed E-state index contributed by atoms with van der Waals surface area (Å²) < 4.78 is 42.8. The number of Topliss-reactive ketones (excluding diaryl/α,β-unsaturated/α-hetero) is 1. The van der Waals surface area contributed by atoms with E-state index < -0.39 is 38.7 Å². The maximum absolute atomic E-state index is 15.2. The molecule has 2 aromatic rings. The highest BCUT2D eigenvalue weighted by atomic mass is 32.2. The number of ketones is 1. The van der Waals surface area contributed by atoms with Crippen LogP contribution in [0.3, 0.4) is 0 Å². The number of benzene rings is 2. The third kappa shape index (κ3) is 4.07. The number of hydrogen-bond acceptors (Lipinski definition) is 6. The molecular weight excluding hydrogens is 425 g/mol. The fourth-order valence-corrected chi connectivity index (χ4v) is 4.57. The molecule has 0 radical (unpaired) electrons. The molecule has 0 unspecified atom stereocenters. The van der Waals surface area contributed by atoms with E-state index in [0.717, 1.165) is 6.26 Å². The lowest BCUT2D eigenvalue weighted by atomic mass is 9.99. The predicted molar refractivity (Wildman–Crippen MR) is 113 cm³/mol. The van der Waals surface area contributed by atoms with Gasteiger partial charge in [-0.2, -0.15) is 0 Å². The number of aliphatic hydroxyl groups is 1. The summed E-state index contributed by atoms with van der Waals surface area (Å²) >= 11 is 0. The van der Waals surface area contributed by atoms with E-state index in [-0.39, 0.29) is 30.6 Å². The van der Waals surface area contributed by atoms with E-state index in [9.17, 15) is 23.1 Å². The first-order valence-corrected chi connectivity index (χ1v) is 11.5. The largest absolute Gasteiger partial charge is 0.497 e. The second-order valence-electron chi connectivity index (χ2n) is 7.74. The maximum Gasteiger partial charge on any atom is 0.254 e. The monoisotopic (exact) mass is 449 g/mol. The Morgan fingerprint density at radius 2 is 1.81 bits per heavy atom. The van der Waals surface area contributed by atoms with Crippen LogP contribution in [0.4, 0.5) is 4.39 Å². The molecule has 1 N–H and O–H groups in total. The number of halogens is 1. The van der Waals surface area contributed by atoms with E-state index in [1.165, 1.54) is 25.0 Å². The summed E-state index contributed by atoms with van der Waals surface area (Å²) in [6.45, 7) is 0.214. The van der Waals surface area contributed by atoms with Crippen LogP contribution in [0.1, 0.15) is 29.3 Å². The molecule has 7 nitrogen and oxygen atoms in total. The Morgan fingerprint density at radius 1 is 1.19 bits per heavy atom. The van der Waals surface area contributed by atoms with Crippen molar-refractivity contribution in [2.45, 2.75) is 24.6 Å². The summed E-state index contributed by atoms with van der Waals surface area (Å²) in [5.74, 6) is -1.15. The first-order chi connectivity index (χ1) is 14.5. The molecule has 1 aliphatic rings. The van der Waals surface area contributed by atoms with Gasteiger partial charge in [-0.25, -0.2) is 12.8 Å². The van der Waals surface area contributed by atoms with Crippen molar-refractivity contribution in [1.29, 1.82) is 0 Å². The number of fused-ring (bicyclic) bond motifs is 1. The van der Waals surface area contributed by atoms with Crippen molar-refractivity contribution in [3.63, 3.8) is 0 Å². The van der Waals surface area contributed by atoms with Gasteiger partial charge in [-0.15, -0.1) is 0 Å². The van der Waals surface area contributed by atoms with Crippen LogP contribution >= 0.6 is 0 Å². The van der Waals surface area contributed by atoms with Gasteiger partial charge < -0.3 is 14.7 Å². The fourth-order valence-electron chi connectivity index (χ4n) is 3.63. The molecule has 0 saturated heterocycles. The van der Waals surface area contributed by atoms with Crippen LogP contribution in [0, 0.1) is 5.82 Å². The van der Waals surface area contributed by atoms with Crippen LogP contribution in [0.25, 0.3) is 11.1 Å². The first kappa shape index (κ1) is 22.9. The number of aliphatic hydroxyl groups excluding tert-OH is 1. The summed E-state index contributed by atoms with van der Waals surface area (Å²) in [5, 5.41) is 9.18. The lowest BCUT2D eigenvalue weighted by Crippen LogP contribution is -2.47. The highest BCUT2D eigenvalue weighted by molar-refractivity contribution is 7.92. The Balaban J connectivity index is 1.85. The van der Waals surface area contributed by atoms with Crippen molar-refractivity contribution in [2.75, 3.05) is 26.5 Å². The van der Waals surface area contributed by atoms with Gasteiger partial charge >= 0.3 is 0 Å². The lowest BCUT2D eigenvalue weighted by molar-refractivity contribution is -0.124. The van der Waals surface area contributed by atoms with Gasteiger partial charge in [0.2, 0.25) is 0 Å². The average Bonchev–Trinajstić information content (AvgIpc) is 3.07. The molecule has 1 amide bonds. The second-order valence-corrected chi connectivity index (χ2v) is 10.2. The van der Waals surface area contributed by atoms with E-state index in [2.05, 4.69) is 0 Å². The topological polar surface area (TPSA) is 101 Å². The van der Waals surface area contributed by atoms with Crippen molar-refractivity contribution >= 4 is 21.5 Å². The van der Waals surface area contributed by atoms with Gasteiger partial charge in [0.15, 0.2) is 15.6 Å². The number of carbonyl (C=O) groups is 2. The first-order valence-electron chi connectivity index (χ1n) is 9.62. The molecule has 1 heterocycles. The molecule has 1 aliphatic heterocycles. The third-order valence-electron chi connectivity index (χ3n) is 5.92. The van der Waals surface area contributed by atoms with Crippen LogP contribution < -0.4 is 4.74 Å². The minimum atomic E-state index is -3.84. The van der Waals surface area contributed by atoms with E-state index in [0.29, 0.717) is 16.9 Å². The van der Waals surface area contributed by atoms with Crippen LogP contribution in [0.2, 0.25) is 0 Å². The van der Waals surface area contributed by atoms with Crippen molar-refractivity contribution in [1.82, 2.24) is 4.90 Å². The van der Waals surface area contributed by atoms with Crippen LogP contribution in [0.5, 0.6) is 5.75 Å². The van der Waals surface area contributed by atoms with E-state index in [1.54, 1.807) is 30.3 Å². The number of carbonyl (C=O) groups excluding carboxylic acids is 2. The molecule has 31 heavy (non-hydrogen) atoms. The van der Waals surface area contributed by atoms with Crippen LogP contribution in [-0.2, 0) is 21.2 Å². The number of rotatable bonds is 8. The zero-order valence-corrected chi connectivity index (χ0v) is 18.3. The second kappa shape index (κ2) is 8.39. The van der Waals surface area contributed by atoms with E-state index in [4.69, 9.17) is 4.74 Å². The number of sulfone groups is 1. The highest BCUT2D eigenvalue weighted by Crippen LogP contribution is 2.34. The zero-order chi connectivity index (χ0) is 23.0. The fraction of sp³-hybridized carbons (Fsp3) is 0.364. The summed E-state index contributed by atoms with van der Waals surface area (Å²) in [6, 6.07) is 9.95. The Kier molecular flexibility index (Phi) is 6.20. The number of ether oxygens (including phenoxy) is 1. The normalized spacial score (nSPS) is 15.5. The Morgan fingerprint density at radius 3 is 2.35 bits per heavy atom. The zero-order valence-electron chi connectivity index (χ0n) is 17.5. The summed E-state index contributed by atoms with van der Waals surface area (Å²) in [6.07, 6.45) is 0.722. The standard InChI is InChI=1S/C22H24FNO6S/c1-22(19(26)13-25,31(3,28)29)10-11-24-12-18-17(21(24)27)9-8-16(20(18)23)14-4-6-15(30-2)7-5-14/h4-9,25H,10-13H2,1-3H3/t22-/m1/s1. The Bertz CT molecular complexity index is 1130. The van der Waals surface area contributed by atoms with Gasteiger partial charge in [-0.3, -0.25) is 9.59 Å².